The predicted molar refractivity (Wildman–Crippen MR) is 64.6 cm³/mol. The summed E-state index contributed by atoms with van der Waals surface area (Å²) in [6, 6.07) is 2.88. The van der Waals surface area contributed by atoms with E-state index in [1.54, 1.807) is 0 Å². The lowest BCUT2D eigenvalue weighted by atomic mass is 10.1. The molecule has 1 aliphatic rings. The Labute approximate surface area is 95.6 Å². The molecular formula is C12H19NOS. The van der Waals surface area contributed by atoms with Crippen molar-refractivity contribution in [3.63, 3.8) is 0 Å². The summed E-state index contributed by atoms with van der Waals surface area (Å²) in [5.41, 5.74) is 1.44. The zero-order valence-corrected chi connectivity index (χ0v) is 10.1. The summed E-state index contributed by atoms with van der Waals surface area (Å²) in [4.78, 5) is 1.52. The maximum Gasteiger partial charge on any atom is 0.0480 e. The molecule has 0 bridgehead atoms. The highest BCUT2D eigenvalue weighted by molar-refractivity contribution is 7.10. The molecule has 2 nitrogen and oxygen atoms in total. The van der Waals surface area contributed by atoms with Gasteiger partial charge in [-0.2, -0.15) is 0 Å². The smallest absolute Gasteiger partial charge is 0.0480 e. The molecule has 3 heteroatoms. The zero-order chi connectivity index (χ0) is 10.5. The molecule has 0 spiro atoms. The number of thiophene rings is 1. The van der Waals surface area contributed by atoms with Crippen LogP contribution in [0.5, 0.6) is 0 Å². The first-order chi connectivity index (χ1) is 7.36. The molecule has 1 aromatic heterocycles. The van der Waals surface area contributed by atoms with Crippen LogP contribution in [0.1, 0.15) is 23.3 Å². The number of rotatable bonds is 4. The quantitative estimate of drug-likeness (QED) is 0.849. The highest BCUT2D eigenvalue weighted by atomic mass is 32.1. The predicted octanol–water partition coefficient (Wildman–Crippen LogP) is 2.37. The third kappa shape index (κ3) is 3.30. The molecule has 15 heavy (non-hydrogen) atoms. The molecule has 2 heterocycles. The van der Waals surface area contributed by atoms with Crippen LogP contribution in [0.25, 0.3) is 0 Å². The van der Waals surface area contributed by atoms with Gasteiger partial charge in [0.15, 0.2) is 0 Å². The van der Waals surface area contributed by atoms with Gasteiger partial charge in [0.25, 0.3) is 0 Å². The normalized spacial score (nSPS) is 18.2. The molecule has 1 aromatic rings. The van der Waals surface area contributed by atoms with Crippen LogP contribution in [0.2, 0.25) is 0 Å². The van der Waals surface area contributed by atoms with Crippen LogP contribution in [0.4, 0.5) is 0 Å². The number of aryl methyl sites for hydroxylation is 1. The highest BCUT2D eigenvalue weighted by Crippen LogP contribution is 2.15. The summed E-state index contributed by atoms with van der Waals surface area (Å²) in [5, 5.41) is 5.79. The van der Waals surface area contributed by atoms with E-state index >= 15 is 0 Å². The second kappa shape index (κ2) is 5.64. The van der Waals surface area contributed by atoms with Crippen molar-refractivity contribution in [2.75, 3.05) is 19.8 Å². The minimum absolute atomic E-state index is 0.680. The summed E-state index contributed by atoms with van der Waals surface area (Å²) in [7, 11) is 0. The fourth-order valence-electron chi connectivity index (χ4n) is 1.95. The van der Waals surface area contributed by atoms with Crippen LogP contribution in [-0.4, -0.2) is 25.8 Å². The van der Waals surface area contributed by atoms with E-state index in [2.05, 4.69) is 23.7 Å². The van der Waals surface area contributed by atoms with Gasteiger partial charge in [0.05, 0.1) is 0 Å². The van der Waals surface area contributed by atoms with E-state index in [9.17, 15) is 0 Å². The van der Waals surface area contributed by atoms with E-state index in [1.807, 2.05) is 11.3 Å². The molecule has 2 rings (SSSR count). The second-order valence-electron chi connectivity index (χ2n) is 4.12. The van der Waals surface area contributed by atoms with Gasteiger partial charge >= 0.3 is 0 Å². The highest BCUT2D eigenvalue weighted by Gasteiger charge is 2.12. The van der Waals surface area contributed by atoms with Gasteiger partial charge in [0, 0.05) is 30.7 Å². The lowest BCUT2D eigenvalue weighted by Gasteiger charge is -2.23. The maximum absolute atomic E-state index is 5.33. The Bertz CT molecular complexity index is 292. The Kier molecular flexibility index (Phi) is 4.18. The van der Waals surface area contributed by atoms with Crippen LogP contribution in [0.3, 0.4) is 0 Å². The molecule has 0 aliphatic carbocycles. The lowest BCUT2D eigenvalue weighted by Crippen LogP contribution is -2.35. The Balaban J connectivity index is 1.68. The summed E-state index contributed by atoms with van der Waals surface area (Å²) >= 11 is 1.87. The molecule has 0 saturated carbocycles. The van der Waals surface area contributed by atoms with E-state index in [0.29, 0.717) is 6.04 Å². The molecule has 1 fully saturated rings. The summed E-state index contributed by atoms with van der Waals surface area (Å²) in [6.07, 6.45) is 3.51. The molecule has 0 radical (unpaired) electrons. The summed E-state index contributed by atoms with van der Waals surface area (Å²) in [6.45, 7) is 5.15. The number of nitrogens with one attached hydrogen (secondary N) is 1. The van der Waals surface area contributed by atoms with Crippen LogP contribution in [0.15, 0.2) is 11.4 Å². The van der Waals surface area contributed by atoms with Crippen molar-refractivity contribution in [3.05, 3.63) is 21.9 Å². The van der Waals surface area contributed by atoms with Crippen LogP contribution in [0, 0.1) is 6.92 Å². The average Bonchev–Trinajstić information content (AvgIpc) is 2.66. The van der Waals surface area contributed by atoms with Crippen LogP contribution < -0.4 is 5.32 Å². The zero-order valence-electron chi connectivity index (χ0n) is 9.29. The Morgan fingerprint density at radius 1 is 1.47 bits per heavy atom. The van der Waals surface area contributed by atoms with Gasteiger partial charge in [-0.05, 0) is 43.2 Å². The molecule has 1 saturated heterocycles. The maximum atomic E-state index is 5.33. The second-order valence-corrected chi connectivity index (χ2v) is 5.12. The monoisotopic (exact) mass is 225 g/mol. The van der Waals surface area contributed by atoms with Gasteiger partial charge in [0.1, 0.15) is 0 Å². The SMILES string of the molecule is Cc1ccsc1CCNC1CCOCC1. The summed E-state index contributed by atoms with van der Waals surface area (Å²) in [5.74, 6) is 0. The van der Waals surface area contributed by atoms with Crippen molar-refractivity contribution in [1.29, 1.82) is 0 Å². The summed E-state index contributed by atoms with van der Waals surface area (Å²) < 4.78 is 5.33. The van der Waals surface area contributed by atoms with Crippen molar-refractivity contribution in [2.24, 2.45) is 0 Å². The first kappa shape index (κ1) is 11.1. The van der Waals surface area contributed by atoms with Gasteiger partial charge < -0.3 is 10.1 Å². The van der Waals surface area contributed by atoms with Gasteiger partial charge in [-0.15, -0.1) is 11.3 Å². The molecular weight excluding hydrogens is 206 g/mol. The van der Waals surface area contributed by atoms with Gasteiger partial charge in [0.2, 0.25) is 0 Å². The first-order valence-corrected chi connectivity index (χ1v) is 6.58. The van der Waals surface area contributed by atoms with E-state index in [1.165, 1.54) is 29.7 Å². The Morgan fingerprint density at radius 2 is 2.27 bits per heavy atom. The van der Waals surface area contributed by atoms with E-state index in [4.69, 9.17) is 4.74 Å². The molecule has 84 valence electrons. The number of ether oxygens (including phenoxy) is 1. The Hall–Kier alpha value is -0.380. The fourth-order valence-corrected chi connectivity index (χ4v) is 2.86. The minimum atomic E-state index is 0.680. The fraction of sp³-hybridized carbons (Fsp3) is 0.667. The third-order valence-electron chi connectivity index (χ3n) is 2.97. The van der Waals surface area contributed by atoms with E-state index < -0.39 is 0 Å². The topological polar surface area (TPSA) is 21.3 Å². The molecule has 1 N–H and O–H groups in total. The number of hydrogen-bond donors (Lipinski definition) is 1. The van der Waals surface area contributed by atoms with Crippen LogP contribution >= 0.6 is 11.3 Å². The van der Waals surface area contributed by atoms with Gasteiger partial charge in [-0.3, -0.25) is 0 Å². The van der Waals surface area contributed by atoms with Gasteiger partial charge in [-0.25, -0.2) is 0 Å². The molecule has 0 unspecified atom stereocenters. The Morgan fingerprint density at radius 3 is 2.93 bits per heavy atom. The lowest BCUT2D eigenvalue weighted by molar-refractivity contribution is 0.0782. The van der Waals surface area contributed by atoms with Crippen molar-refractivity contribution in [2.45, 2.75) is 32.2 Å². The van der Waals surface area contributed by atoms with Crippen molar-refractivity contribution < 1.29 is 4.74 Å². The van der Waals surface area contributed by atoms with E-state index in [0.717, 1.165) is 19.8 Å². The molecule has 0 aromatic carbocycles. The van der Waals surface area contributed by atoms with Crippen molar-refractivity contribution in [1.82, 2.24) is 5.32 Å². The molecule has 1 aliphatic heterocycles. The largest absolute Gasteiger partial charge is 0.381 e. The van der Waals surface area contributed by atoms with E-state index in [-0.39, 0.29) is 0 Å². The van der Waals surface area contributed by atoms with Crippen molar-refractivity contribution >= 4 is 11.3 Å². The molecule has 0 amide bonds. The third-order valence-corrected chi connectivity index (χ3v) is 4.06. The minimum Gasteiger partial charge on any atom is -0.381 e. The van der Waals surface area contributed by atoms with Gasteiger partial charge in [-0.1, -0.05) is 0 Å². The standard InChI is InChI=1S/C12H19NOS/c1-10-5-9-15-12(10)2-6-13-11-3-7-14-8-4-11/h5,9,11,13H,2-4,6-8H2,1H3. The van der Waals surface area contributed by atoms with Crippen molar-refractivity contribution in [3.8, 4) is 0 Å². The van der Waals surface area contributed by atoms with Crippen LogP contribution in [-0.2, 0) is 11.2 Å². The average molecular weight is 225 g/mol. The first-order valence-electron chi connectivity index (χ1n) is 5.70. The molecule has 0 atom stereocenters. The number of hydrogen-bond acceptors (Lipinski definition) is 3.